The zero-order chi connectivity index (χ0) is 14.6. The van der Waals surface area contributed by atoms with E-state index in [1.165, 1.54) is 0 Å². The molecule has 0 spiro atoms. The highest BCUT2D eigenvalue weighted by atomic mass is 32.2. The quantitative estimate of drug-likeness (QED) is 0.888. The fraction of sp³-hybridized carbons (Fsp3) is 0.200. The number of anilines is 1. The Hall–Kier alpha value is -1.85. The Bertz CT molecular complexity index is 679. The molecule has 0 atom stereocenters. The van der Waals surface area contributed by atoms with Crippen LogP contribution in [-0.4, -0.2) is 8.42 Å². The Morgan fingerprint density at radius 2 is 1.70 bits per heavy atom. The maximum absolute atomic E-state index is 12.1. The molecule has 0 unspecified atom stereocenters. The Kier molecular flexibility index (Phi) is 4.42. The molecule has 0 aromatic heterocycles. The van der Waals surface area contributed by atoms with Gasteiger partial charge in [-0.25, -0.2) is 8.42 Å². The predicted octanol–water partition coefficient (Wildman–Crippen LogP) is 2.40. The van der Waals surface area contributed by atoms with Gasteiger partial charge in [-0.2, -0.15) is 0 Å². The van der Waals surface area contributed by atoms with E-state index in [9.17, 15) is 8.42 Å². The van der Waals surface area contributed by atoms with Gasteiger partial charge in [-0.3, -0.25) is 4.72 Å². The third-order valence-electron chi connectivity index (χ3n) is 2.91. The minimum absolute atomic E-state index is 0.0608. The number of aryl methyl sites for hydroxylation is 1. The van der Waals surface area contributed by atoms with Crippen LogP contribution in [0.2, 0.25) is 0 Å². The van der Waals surface area contributed by atoms with Crippen molar-refractivity contribution in [1.82, 2.24) is 0 Å². The largest absolute Gasteiger partial charge is 0.326 e. The van der Waals surface area contributed by atoms with Crippen LogP contribution >= 0.6 is 0 Å². The summed E-state index contributed by atoms with van der Waals surface area (Å²) in [5.41, 5.74) is 8.87. The number of sulfonamides is 1. The van der Waals surface area contributed by atoms with Crippen molar-refractivity contribution in [3.8, 4) is 0 Å². The first-order valence-corrected chi connectivity index (χ1v) is 7.99. The highest BCUT2D eigenvalue weighted by molar-refractivity contribution is 7.91. The van der Waals surface area contributed by atoms with E-state index >= 15 is 0 Å². The van der Waals surface area contributed by atoms with Crippen molar-refractivity contribution in [2.24, 2.45) is 5.73 Å². The van der Waals surface area contributed by atoms with Gasteiger partial charge in [-0.05, 0) is 30.2 Å². The second kappa shape index (κ2) is 6.07. The van der Waals surface area contributed by atoms with Crippen LogP contribution in [0.25, 0.3) is 0 Å². The van der Waals surface area contributed by atoms with E-state index in [1.807, 2.05) is 37.3 Å². The standard InChI is InChI=1S/C15H18N2O2S/c1-12-5-7-15(8-6-12)17-20(18,19)11-14-4-2-3-13(9-14)10-16/h2-9,17H,10-11,16H2,1H3. The third-order valence-corrected chi connectivity index (χ3v) is 4.17. The first-order chi connectivity index (χ1) is 9.48. The Morgan fingerprint density at radius 1 is 1.05 bits per heavy atom. The molecule has 5 heteroatoms. The number of nitrogens with two attached hydrogens (primary N) is 1. The minimum atomic E-state index is -3.42. The normalized spacial score (nSPS) is 11.3. The van der Waals surface area contributed by atoms with E-state index in [0.29, 0.717) is 12.2 Å². The Morgan fingerprint density at radius 3 is 2.35 bits per heavy atom. The average molecular weight is 290 g/mol. The molecule has 2 aromatic rings. The highest BCUT2D eigenvalue weighted by Crippen LogP contribution is 2.14. The molecule has 0 aliphatic heterocycles. The second-order valence-corrected chi connectivity index (χ2v) is 6.47. The molecule has 0 saturated carbocycles. The number of hydrogen-bond acceptors (Lipinski definition) is 3. The summed E-state index contributed by atoms with van der Waals surface area (Å²) in [6, 6.07) is 14.5. The molecule has 20 heavy (non-hydrogen) atoms. The van der Waals surface area contributed by atoms with Crippen molar-refractivity contribution < 1.29 is 8.42 Å². The van der Waals surface area contributed by atoms with Crippen LogP contribution in [0.1, 0.15) is 16.7 Å². The van der Waals surface area contributed by atoms with Crippen molar-refractivity contribution in [3.63, 3.8) is 0 Å². The van der Waals surface area contributed by atoms with Crippen LogP contribution in [0.4, 0.5) is 5.69 Å². The van der Waals surface area contributed by atoms with Crippen molar-refractivity contribution in [2.45, 2.75) is 19.2 Å². The topological polar surface area (TPSA) is 72.2 Å². The summed E-state index contributed by atoms with van der Waals surface area (Å²) in [7, 11) is -3.42. The van der Waals surface area contributed by atoms with Gasteiger partial charge in [0.2, 0.25) is 10.0 Å². The smallest absolute Gasteiger partial charge is 0.236 e. The van der Waals surface area contributed by atoms with Crippen molar-refractivity contribution >= 4 is 15.7 Å². The lowest BCUT2D eigenvalue weighted by molar-refractivity contribution is 0.600. The van der Waals surface area contributed by atoms with E-state index in [1.54, 1.807) is 18.2 Å². The first-order valence-electron chi connectivity index (χ1n) is 6.33. The molecule has 0 fully saturated rings. The first kappa shape index (κ1) is 14.6. The highest BCUT2D eigenvalue weighted by Gasteiger charge is 2.11. The van der Waals surface area contributed by atoms with Gasteiger partial charge in [0.1, 0.15) is 0 Å². The molecular weight excluding hydrogens is 272 g/mol. The number of hydrogen-bond donors (Lipinski definition) is 2. The Labute approximate surface area is 119 Å². The van der Waals surface area contributed by atoms with Gasteiger partial charge in [0.05, 0.1) is 5.75 Å². The molecule has 2 aromatic carbocycles. The van der Waals surface area contributed by atoms with Gasteiger partial charge in [-0.15, -0.1) is 0 Å². The predicted molar refractivity (Wildman–Crippen MR) is 81.8 cm³/mol. The molecule has 0 bridgehead atoms. The van der Waals surface area contributed by atoms with Crippen LogP contribution in [0, 0.1) is 6.92 Å². The number of nitrogens with one attached hydrogen (secondary N) is 1. The lowest BCUT2D eigenvalue weighted by Gasteiger charge is -2.09. The van der Waals surface area contributed by atoms with Gasteiger partial charge in [0.25, 0.3) is 0 Å². The summed E-state index contributed by atoms with van der Waals surface area (Å²) >= 11 is 0. The van der Waals surface area contributed by atoms with E-state index in [0.717, 1.165) is 16.7 Å². The molecule has 4 nitrogen and oxygen atoms in total. The van der Waals surface area contributed by atoms with Crippen LogP contribution in [0.15, 0.2) is 48.5 Å². The monoisotopic (exact) mass is 290 g/mol. The number of benzene rings is 2. The summed E-state index contributed by atoms with van der Waals surface area (Å²) in [5, 5.41) is 0. The minimum Gasteiger partial charge on any atom is -0.326 e. The summed E-state index contributed by atoms with van der Waals surface area (Å²) in [5.74, 6) is -0.0608. The summed E-state index contributed by atoms with van der Waals surface area (Å²) < 4.78 is 26.8. The number of rotatable bonds is 5. The molecule has 0 radical (unpaired) electrons. The molecule has 2 rings (SSSR count). The van der Waals surface area contributed by atoms with Crippen molar-refractivity contribution in [2.75, 3.05) is 4.72 Å². The van der Waals surface area contributed by atoms with Gasteiger partial charge >= 0.3 is 0 Å². The van der Waals surface area contributed by atoms with Gasteiger partial charge < -0.3 is 5.73 Å². The van der Waals surface area contributed by atoms with Crippen LogP contribution in [0.5, 0.6) is 0 Å². The van der Waals surface area contributed by atoms with Crippen molar-refractivity contribution in [3.05, 3.63) is 65.2 Å². The molecule has 0 amide bonds. The second-order valence-electron chi connectivity index (χ2n) is 4.75. The molecule has 0 heterocycles. The molecule has 3 N–H and O–H groups in total. The van der Waals surface area contributed by atoms with E-state index in [-0.39, 0.29) is 5.75 Å². The van der Waals surface area contributed by atoms with Gasteiger partial charge in [0.15, 0.2) is 0 Å². The fourth-order valence-corrected chi connectivity index (χ4v) is 3.09. The summed E-state index contributed by atoms with van der Waals surface area (Å²) in [6.07, 6.45) is 0. The van der Waals surface area contributed by atoms with Gasteiger partial charge in [-0.1, -0.05) is 42.0 Å². The van der Waals surface area contributed by atoms with E-state index in [4.69, 9.17) is 5.73 Å². The summed E-state index contributed by atoms with van der Waals surface area (Å²) in [4.78, 5) is 0. The van der Waals surface area contributed by atoms with E-state index in [2.05, 4.69) is 4.72 Å². The SMILES string of the molecule is Cc1ccc(NS(=O)(=O)Cc2cccc(CN)c2)cc1. The zero-order valence-electron chi connectivity index (χ0n) is 11.3. The van der Waals surface area contributed by atoms with Crippen LogP contribution < -0.4 is 10.5 Å². The molecule has 106 valence electrons. The molecular formula is C15H18N2O2S. The fourth-order valence-electron chi connectivity index (χ4n) is 1.90. The average Bonchev–Trinajstić information content (AvgIpc) is 2.41. The van der Waals surface area contributed by atoms with Crippen molar-refractivity contribution in [1.29, 1.82) is 0 Å². The Balaban J connectivity index is 2.12. The molecule has 0 aliphatic rings. The third kappa shape index (κ3) is 4.08. The van der Waals surface area contributed by atoms with Crippen LogP contribution in [-0.2, 0) is 22.3 Å². The maximum Gasteiger partial charge on any atom is 0.236 e. The zero-order valence-corrected chi connectivity index (χ0v) is 12.2. The molecule has 0 saturated heterocycles. The maximum atomic E-state index is 12.1. The van der Waals surface area contributed by atoms with E-state index < -0.39 is 10.0 Å². The summed E-state index contributed by atoms with van der Waals surface area (Å²) in [6.45, 7) is 2.36. The lowest BCUT2D eigenvalue weighted by Crippen LogP contribution is -2.15. The van der Waals surface area contributed by atoms with Gasteiger partial charge in [0, 0.05) is 12.2 Å². The molecule has 0 aliphatic carbocycles. The van der Waals surface area contributed by atoms with Crippen LogP contribution in [0.3, 0.4) is 0 Å². The lowest BCUT2D eigenvalue weighted by atomic mass is 10.1.